The standard InChI is InChI=1S/C25H29N3O3/c1-31-25(30)24-22(29)15-14-17(27-24)9-3-2-8-16-26-23-18-10-4-6-12-20(18)28-21-13-7-5-11-19(21)23/h4,6,10,12,14-15,29H,2-3,5,7-9,11,13,16H2,1H3,(H,26,28). The van der Waals surface area contributed by atoms with E-state index in [1.165, 1.54) is 48.3 Å². The largest absolute Gasteiger partial charge is 0.505 e. The Labute approximate surface area is 182 Å². The smallest absolute Gasteiger partial charge is 0.360 e. The number of para-hydroxylation sites is 1. The molecule has 3 aromatic rings. The molecule has 0 saturated heterocycles. The van der Waals surface area contributed by atoms with Crippen molar-refractivity contribution < 1.29 is 14.6 Å². The highest BCUT2D eigenvalue weighted by molar-refractivity contribution is 5.93. The molecule has 31 heavy (non-hydrogen) atoms. The van der Waals surface area contributed by atoms with E-state index in [1.807, 2.05) is 0 Å². The van der Waals surface area contributed by atoms with Crippen molar-refractivity contribution in [2.75, 3.05) is 19.0 Å². The summed E-state index contributed by atoms with van der Waals surface area (Å²) in [5, 5.41) is 14.7. The van der Waals surface area contributed by atoms with Gasteiger partial charge >= 0.3 is 5.97 Å². The first-order chi connectivity index (χ1) is 15.2. The fourth-order valence-electron chi connectivity index (χ4n) is 4.27. The first-order valence-electron chi connectivity index (χ1n) is 11.1. The molecule has 0 bridgehead atoms. The molecule has 0 radical (unpaired) electrons. The lowest BCUT2D eigenvalue weighted by Gasteiger charge is -2.21. The summed E-state index contributed by atoms with van der Waals surface area (Å²) < 4.78 is 4.67. The molecule has 0 spiro atoms. The van der Waals surface area contributed by atoms with Crippen LogP contribution in [0.1, 0.15) is 59.5 Å². The summed E-state index contributed by atoms with van der Waals surface area (Å²) in [5.74, 6) is -0.760. The quantitative estimate of drug-likeness (QED) is 0.402. The maximum atomic E-state index is 11.7. The second-order valence-corrected chi connectivity index (χ2v) is 8.04. The van der Waals surface area contributed by atoms with Gasteiger partial charge in [-0.3, -0.25) is 4.98 Å². The Morgan fingerprint density at radius 1 is 1.06 bits per heavy atom. The van der Waals surface area contributed by atoms with Gasteiger partial charge in [-0.1, -0.05) is 24.6 Å². The maximum absolute atomic E-state index is 11.7. The second kappa shape index (κ2) is 9.77. The number of methoxy groups -OCH3 is 1. The van der Waals surface area contributed by atoms with E-state index in [0.717, 1.165) is 56.3 Å². The van der Waals surface area contributed by atoms with Gasteiger partial charge in [0.15, 0.2) is 5.69 Å². The number of nitrogens with zero attached hydrogens (tertiary/aromatic N) is 2. The topological polar surface area (TPSA) is 84.3 Å². The molecule has 0 unspecified atom stereocenters. The molecule has 6 nitrogen and oxygen atoms in total. The summed E-state index contributed by atoms with van der Waals surface area (Å²) in [6.45, 7) is 0.914. The number of hydrogen-bond donors (Lipinski definition) is 2. The van der Waals surface area contributed by atoms with Gasteiger partial charge in [-0.2, -0.15) is 0 Å². The van der Waals surface area contributed by atoms with Crippen LogP contribution in [0.5, 0.6) is 5.75 Å². The second-order valence-electron chi connectivity index (χ2n) is 8.04. The number of hydrogen-bond acceptors (Lipinski definition) is 6. The lowest BCUT2D eigenvalue weighted by Crippen LogP contribution is -2.12. The van der Waals surface area contributed by atoms with E-state index in [9.17, 15) is 9.90 Å². The predicted octanol–water partition coefficient (Wildman–Crippen LogP) is 4.83. The molecule has 1 aliphatic carbocycles. The molecular weight excluding hydrogens is 390 g/mol. The van der Waals surface area contributed by atoms with Gasteiger partial charge in [-0.15, -0.1) is 0 Å². The molecular formula is C25H29N3O3. The number of aryl methyl sites for hydroxylation is 2. The molecule has 4 rings (SSSR count). The van der Waals surface area contributed by atoms with Crippen molar-refractivity contribution in [3.63, 3.8) is 0 Å². The molecule has 2 aromatic heterocycles. The van der Waals surface area contributed by atoms with Crippen LogP contribution in [0.15, 0.2) is 36.4 Å². The van der Waals surface area contributed by atoms with Gasteiger partial charge < -0.3 is 15.2 Å². The number of anilines is 1. The summed E-state index contributed by atoms with van der Waals surface area (Å²) in [5.41, 5.74) is 5.77. The van der Waals surface area contributed by atoms with Crippen molar-refractivity contribution in [2.24, 2.45) is 0 Å². The van der Waals surface area contributed by atoms with Crippen molar-refractivity contribution in [2.45, 2.75) is 51.4 Å². The zero-order valence-electron chi connectivity index (χ0n) is 18.0. The number of aromatic hydroxyl groups is 1. The summed E-state index contributed by atoms with van der Waals surface area (Å²) >= 11 is 0. The van der Waals surface area contributed by atoms with Crippen molar-refractivity contribution in [1.29, 1.82) is 0 Å². The molecule has 162 valence electrons. The van der Waals surface area contributed by atoms with Gasteiger partial charge in [-0.25, -0.2) is 9.78 Å². The Morgan fingerprint density at radius 3 is 2.77 bits per heavy atom. The number of benzene rings is 1. The van der Waals surface area contributed by atoms with Crippen LogP contribution >= 0.6 is 0 Å². The minimum absolute atomic E-state index is 0.0176. The third-order valence-electron chi connectivity index (χ3n) is 5.89. The number of rotatable bonds is 8. The number of esters is 1. The van der Waals surface area contributed by atoms with Crippen LogP contribution in [0.2, 0.25) is 0 Å². The summed E-state index contributed by atoms with van der Waals surface area (Å²) in [6, 6.07) is 11.7. The fraction of sp³-hybridized carbons (Fsp3) is 0.400. The molecule has 2 heterocycles. The van der Waals surface area contributed by atoms with Crippen LogP contribution in [-0.4, -0.2) is 34.7 Å². The Morgan fingerprint density at radius 2 is 1.90 bits per heavy atom. The fourth-order valence-corrected chi connectivity index (χ4v) is 4.27. The van der Waals surface area contributed by atoms with E-state index in [0.29, 0.717) is 0 Å². The normalized spacial score (nSPS) is 13.1. The Hall–Kier alpha value is -3.15. The minimum atomic E-state index is -0.614. The molecule has 1 aliphatic rings. The monoisotopic (exact) mass is 419 g/mol. The van der Waals surface area contributed by atoms with Crippen LogP contribution in [0.25, 0.3) is 10.9 Å². The molecule has 6 heteroatoms. The Kier molecular flexibility index (Phi) is 6.65. The Bertz CT molecular complexity index is 1080. The highest BCUT2D eigenvalue weighted by atomic mass is 16.5. The highest BCUT2D eigenvalue weighted by Gasteiger charge is 2.18. The van der Waals surface area contributed by atoms with Gasteiger partial charge in [-0.05, 0) is 68.7 Å². The van der Waals surface area contributed by atoms with Crippen LogP contribution in [0, 0.1) is 0 Å². The van der Waals surface area contributed by atoms with Crippen LogP contribution in [-0.2, 0) is 24.0 Å². The lowest BCUT2D eigenvalue weighted by atomic mass is 9.92. The van der Waals surface area contributed by atoms with Crippen LogP contribution < -0.4 is 5.32 Å². The number of fused-ring (bicyclic) bond motifs is 2. The van der Waals surface area contributed by atoms with Crippen LogP contribution in [0.4, 0.5) is 5.69 Å². The number of unbranched alkanes of at least 4 members (excludes halogenated alkanes) is 2. The molecule has 0 atom stereocenters. The maximum Gasteiger partial charge on any atom is 0.360 e. The third-order valence-corrected chi connectivity index (χ3v) is 5.89. The number of carbonyl (C=O) groups is 1. The molecule has 1 aromatic carbocycles. The number of carbonyl (C=O) groups excluding carboxylic acids is 1. The Balaban J connectivity index is 1.33. The average Bonchev–Trinajstić information content (AvgIpc) is 2.81. The SMILES string of the molecule is COC(=O)c1nc(CCCCCNc2c3c(nc4ccccc24)CCCC3)ccc1O. The molecule has 0 fully saturated rings. The molecule has 0 amide bonds. The van der Waals surface area contributed by atoms with E-state index in [-0.39, 0.29) is 11.4 Å². The number of pyridine rings is 2. The number of aromatic nitrogens is 2. The van der Waals surface area contributed by atoms with Gasteiger partial charge in [0, 0.05) is 29.0 Å². The molecule has 2 N–H and O–H groups in total. The first kappa shape index (κ1) is 21.1. The van der Waals surface area contributed by atoms with E-state index in [2.05, 4.69) is 39.3 Å². The zero-order chi connectivity index (χ0) is 21.6. The average molecular weight is 420 g/mol. The van der Waals surface area contributed by atoms with Crippen molar-refractivity contribution in [1.82, 2.24) is 9.97 Å². The molecule has 0 saturated carbocycles. The van der Waals surface area contributed by atoms with Crippen LogP contribution in [0.3, 0.4) is 0 Å². The van der Waals surface area contributed by atoms with E-state index in [1.54, 1.807) is 6.07 Å². The van der Waals surface area contributed by atoms with Gasteiger partial charge in [0.1, 0.15) is 5.75 Å². The summed E-state index contributed by atoms with van der Waals surface area (Å²) in [7, 11) is 1.28. The van der Waals surface area contributed by atoms with E-state index in [4.69, 9.17) is 4.98 Å². The van der Waals surface area contributed by atoms with Crippen molar-refractivity contribution >= 4 is 22.6 Å². The summed E-state index contributed by atoms with van der Waals surface area (Å²) in [4.78, 5) is 20.8. The van der Waals surface area contributed by atoms with Crippen molar-refractivity contribution in [3.8, 4) is 5.75 Å². The van der Waals surface area contributed by atoms with Gasteiger partial charge in [0.25, 0.3) is 0 Å². The number of nitrogens with one attached hydrogen (secondary N) is 1. The summed E-state index contributed by atoms with van der Waals surface area (Å²) in [6.07, 6.45) is 8.46. The lowest BCUT2D eigenvalue weighted by molar-refractivity contribution is 0.0590. The zero-order valence-corrected chi connectivity index (χ0v) is 18.0. The van der Waals surface area contributed by atoms with Gasteiger partial charge in [0.05, 0.1) is 12.6 Å². The predicted molar refractivity (Wildman–Crippen MR) is 122 cm³/mol. The first-order valence-corrected chi connectivity index (χ1v) is 11.1. The van der Waals surface area contributed by atoms with E-state index >= 15 is 0 Å². The third kappa shape index (κ3) is 4.79. The van der Waals surface area contributed by atoms with E-state index < -0.39 is 5.97 Å². The molecule has 0 aliphatic heterocycles. The highest BCUT2D eigenvalue weighted by Crippen LogP contribution is 2.33. The van der Waals surface area contributed by atoms with Gasteiger partial charge in [0.2, 0.25) is 0 Å². The number of ether oxygens (including phenoxy) is 1. The minimum Gasteiger partial charge on any atom is -0.505 e. The van der Waals surface area contributed by atoms with Crippen molar-refractivity contribution in [3.05, 3.63) is 59.0 Å².